The van der Waals surface area contributed by atoms with Gasteiger partial charge in [-0.3, -0.25) is 4.79 Å². The lowest BCUT2D eigenvalue weighted by Gasteiger charge is -2.27. The minimum Gasteiger partial charge on any atom is -0.376 e. The van der Waals surface area contributed by atoms with Crippen LogP contribution in [0.4, 0.5) is 0 Å². The quantitative estimate of drug-likeness (QED) is 0.577. The Hall–Kier alpha value is -0.650. The maximum absolute atomic E-state index is 11.0. The van der Waals surface area contributed by atoms with Crippen LogP contribution in [0.5, 0.6) is 0 Å². The summed E-state index contributed by atoms with van der Waals surface area (Å²) in [5.41, 5.74) is 5.25. The third-order valence-corrected chi connectivity index (χ3v) is 2.46. The van der Waals surface area contributed by atoms with Crippen LogP contribution in [0.2, 0.25) is 0 Å². The highest BCUT2D eigenvalue weighted by atomic mass is 16.6. The van der Waals surface area contributed by atoms with Gasteiger partial charge in [-0.15, -0.1) is 0 Å². The molecule has 3 N–H and O–H groups in total. The van der Waals surface area contributed by atoms with E-state index < -0.39 is 0 Å². The first kappa shape index (κ1) is 9.89. The lowest BCUT2D eigenvalue weighted by molar-refractivity contribution is -0.140. The molecule has 1 heterocycles. The van der Waals surface area contributed by atoms with E-state index in [-0.39, 0.29) is 18.1 Å². The van der Waals surface area contributed by atoms with E-state index in [1.54, 1.807) is 0 Å². The summed E-state index contributed by atoms with van der Waals surface area (Å²) in [7, 11) is 0. The van der Waals surface area contributed by atoms with Crippen molar-refractivity contribution in [2.24, 2.45) is 5.73 Å². The van der Waals surface area contributed by atoms with E-state index in [0.29, 0.717) is 25.9 Å². The predicted molar refractivity (Wildman–Crippen MR) is 49.7 cm³/mol. The third-order valence-electron chi connectivity index (χ3n) is 2.46. The number of carbonyl (C=O) groups is 1. The summed E-state index contributed by atoms with van der Waals surface area (Å²) in [6, 6.07) is 0.122. The topological polar surface area (TPSA) is 73.6 Å². The van der Waals surface area contributed by atoms with Crippen molar-refractivity contribution < 1.29 is 14.3 Å². The highest BCUT2D eigenvalue weighted by Gasteiger charge is 2.29. The maximum atomic E-state index is 11.0. The minimum absolute atomic E-state index is 0.151. The van der Waals surface area contributed by atoms with Gasteiger partial charge in [0.05, 0.1) is 19.8 Å². The molecular weight excluding hydrogens is 184 g/mol. The largest absolute Gasteiger partial charge is 0.376 e. The Morgan fingerprint density at radius 2 is 2.29 bits per heavy atom. The maximum Gasteiger partial charge on any atom is 0.236 e. The zero-order valence-corrected chi connectivity index (χ0v) is 8.07. The normalized spacial score (nSPS) is 24.3. The monoisotopic (exact) mass is 200 g/mol. The Balaban J connectivity index is 1.68. The van der Waals surface area contributed by atoms with Gasteiger partial charge in [-0.2, -0.15) is 0 Å². The van der Waals surface area contributed by atoms with Gasteiger partial charge in [0.15, 0.2) is 0 Å². The summed E-state index contributed by atoms with van der Waals surface area (Å²) in [5.74, 6) is -0.336. The van der Waals surface area contributed by atoms with Gasteiger partial charge in [0.25, 0.3) is 0 Å². The smallest absolute Gasteiger partial charge is 0.236 e. The summed E-state index contributed by atoms with van der Waals surface area (Å²) >= 11 is 0. The third kappa shape index (κ3) is 2.67. The summed E-state index contributed by atoms with van der Waals surface area (Å²) in [5, 5.41) is 3.15. The molecule has 0 aromatic carbocycles. The number of carbonyl (C=O) groups excluding carboxylic acids is 1. The van der Waals surface area contributed by atoms with Crippen LogP contribution >= 0.6 is 0 Å². The number of ether oxygens (including phenoxy) is 2. The average molecular weight is 200 g/mol. The predicted octanol–water partition coefficient (Wildman–Crippen LogP) is -0.992. The number of amides is 1. The van der Waals surface area contributed by atoms with E-state index in [1.807, 2.05) is 0 Å². The van der Waals surface area contributed by atoms with Gasteiger partial charge in [-0.1, -0.05) is 0 Å². The van der Waals surface area contributed by atoms with Gasteiger partial charge in [-0.05, 0) is 12.8 Å². The molecule has 0 spiro atoms. The summed E-state index contributed by atoms with van der Waals surface area (Å²) in [4.78, 5) is 11.0. The second kappa shape index (κ2) is 4.25. The van der Waals surface area contributed by atoms with Crippen LogP contribution in [0, 0.1) is 0 Å². The van der Waals surface area contributed by atoms with Crippen LogP contribution in [-0.4, -0.2) is 43.9 Å². The molecule has 1 amide bonds. The van der Waals surface area contributed by atoms with Gasteiger partial charge < -0.3 is 20.5 Å². The molecule has 5 nitrogen and oxygen atoms in total. The van der Waals surface area contributed by atoms with Gasteiger partial charge >= 0.3 is 0 Å². The van der Waals surface area contributed by atoms with Crippen LogP contribution in [0.1, 0.15) is 12.8 Å². The molecule has 0 aromatic rings. The van der Waals surface area contributed by atoms with Crippen LogP contribution in [-0.2, 0) is 14.3 Å². The molecule has 14 heavy (non-hydrogen) atoms. The molecule has 2 aliphatic rings. The minimum atomic E-state index is -0.344. The molecule has 1 saturated heterocycles. The Labute approximate surface area is 82.9 Å². The second-order valence-electron chi connectivity index (χ2n) is 3.89. The van der Waals surface area contributed by atoms with Gasteiger partial charge in [-0.25, -0.2) is 0 Å². The van der Waals surface area contributed by atoms with E-state index >= 15 is 0 Å². The fraction of sp³-hybridized carbons (Fsp3) is 0.889. The number of nitrogens with two attached hydrogens (primary N) is 1. The molecule has 1 saturated carbocycles. The van der Waals surface area contributed by atoms with Crippen molar-refractivity contribution >= 4 is 5.91 Å². The first-order valence-electron chi connectivity index (χ1n) is 5.00. The fourth-order valence-corrected chi connectivity index (χ4v) is 1.29. The van der Waals surface area contributed by atoms with E-state index in [0.717, 1.165) is 12.8 Å². The summed E-state index contributed by atoms with van der Waals surface area (Å²) in [6.07, 6.45) is 2.42. The van der Waals surface area contributed by atoms with E-state index in [1.165, 1.54) is 0 Å². The number of rotatable bonds is 6. The molecular formula is C9H16N2O3. The van der Waals surface area contributed by atoms with E-state index in [9.17, 15) is 4.79 Å². The highest BCUT2D eigenvalue weighted by Crippen LogP contribution is 2.19. The SMILES string of the molecule is NC(=O)C(COC1COC1)NC1CC1. The molecule has 0 bridgehead atoms. The molecule has 80 valence electrons. The zero-order valence-electron chi connectivity index (χ0n) is 8.07. The van der Waals surface area contributed by atoms with E-state index in [2.05, 4.69) is 5.32 Å². The molecule has 2 rings (SSSR count). The first-order chi connectivity index (χ1) is 6.75. The highest BCUT2D eigenvalue weighted by molar-refractivity contribution is 5.80. The van der Waals surface area contributed by atoms with Gasteiger partial charge in [0.2, 0.25) is 5.91 Å². The van der Waals surface area contributed by atoms with Gasteiger partial charge in [0.1, 0.15) is 12.1 Å². The Bertz CT molecular complexity index is 214. The second-order valence-corrected chi connectivity index (χ2v) is 3.89. The molecule has 1 atom stereocenters. The lowest BCUT2D eigenvalue weighted by Crippen LogP contribution is -2.48. The zero-order chi connectivity index (χ0) is 9.97. The molecule has 1 unspecified atom stereocenters. The Morgan fingerprint density at radius 3 is 2.71 bits per heavy atom. The van der Waals surface area contributed by atoms with Crippen molar-refractivity contribution in [2.45, 2.75) is 31.0 Å². The van der Waals surface area contributed by atoms with Crippen LogP contribution in [0.25, 0.3) is 0 Å². The molecule has 1 aliphatic heterocycles. The number of primary amides is 1. The fourth-order valence-electron chi connectivity index (χ4n) is 1.29. The number of hydrogen-bond donors (Lipinski definition) is 2. The lowest BCUT2D eigenvalue weighted by atomic mass is 10.2. The van der Waals surface area contributed by atoms with Gasteiger partial charge in [0, 0.05) is 6.04 Å². The Kier molecular flexibility index (Phi) is 3.00. The van der Waals surface area contributed by atoms with Crippen LogP contribution in [0.3, 0.4) is 0 Å². The standard InChI is InChI=1S/C9H16N2O3/c10-9(12)8(11-6-1-2-6)5-14-7-3-13-4-7/h6-8,11H,1-5H2,(H2,10,12). The van der Waals surface area contributed by atoms with E-state index in [4.69, 9.17) is 15.2 Å². The van der Waals surface area contributed by atoms with Crippen molar-refractivity contribution in [2.75, 3.05) is 19.8 Å². The van der Waals surface area contributed by atoms with Crippen molar-refractivity contribution in [3.8, 4) is 0 Å². The molecule has 5 heteroatoms. The van der Waals surface area contributed by atoms with Crippen molar-refractivity contribution in [1.29, 1.82) is 0 Å². The van der Waals surface area contributed by atoms with Crippen molar-refractivity contribution in [3.05, 3.63) is 0 Å². The van der Waals surface area contributed by atoms with Crippen molar-refractivity contribution in [1.82, 2.24) is 5.32 Å². The van der Waals surface area contributed by atoms with Crippen LogP contribution in [0.15, 0.2) is 0 Å². The summed E-state index contributed by atoms with van der Waals surface area (Å²) in [6.45, 7) is 1.63. The molecule has 0 aromatic heterocycles. The molecule has 0 radical (unpaired) electrons. The molecule has 1 aliphatic carbocycles. The van der Waals surface area contributed by atoms with Crippen molar-refractivity contribution in [3.63, 3.8) is 0 Å². The number of hydrogen-bond acceptors (Lipinski definition) is 4. The Morgan fingerprint density at radius 1 is 1.57 bits per heavy atom. The van der Waals surface area contributed by atoms with Crippen LogP contribution < -0.4 is 11.1 Å². The average Bonchev–Trinajstić information content (AvgIpc) is 2.82. The number of nitrogens with one attached hydrogen (secondary N) is 1. The first-order valence-corrected chi connectivity index (χ1v) is 5.00. The summed E-state index contributed by atoms with van der Waals surface area (Å²) < 4.78 is 10.4. The molecule has 2 fully saturated rings.